The van der Waals surface area contributed by atoms with Crippen LogP contribution < -0.4 is 14.4 Å². The van der Waals surface area contributed by atoms with Gasteiger partial charge in [0.2, 0.25) is 0 Å². The SMILES string of the molecule is CCOc1ccc(-c2nc(CN(C)c3ccccc3)cs2)cc1OC. The lowest BCUT2D eigenvalue weighted by Crippen LogP contribution is -2.16. The molecular formula is C20H22N2O2S. The zero-order valence-electron chi connectivity index (χ0n) is 14.7. The average Bonchev–Trinajstić information content (AvgIpc) is 3.11. The van der Waals surface area contributed by atoms with Crippen molar-refractivity contribution in [3.8, 4) is 22.1 Å². The average molecular weight is 354 g/mol. The Labute approximate surface area is 152 Å². The summed E-state index contributed by atoms with van der Waals surface area (Å²) in [7, 11) is 3.73. The molecule has 0 amide bonds. The highest BCUT2D eigenvalue weighted by molar-refractivity contribution is 7.13. The van der Waals surface area contributed by atoms with E-state index in [9.17, 15) is 0 Å². The molecule has 2 aromatic carbocycles. The molecule has 0 N–H and O–H groups in total. The van der Waals surface area contributed by atoms with Gasteiger partial charge in [0.15, 0.2) is 11.5 Å². The number of hydrogen-bond donors (Lipinski definition) is 0. The second kappa shape index (κ2) is 8.03. The molecule has 0 aliphatic heterocycles. The molecule has 25 heavy (non-hydrogen) atoms. The molecule has 3 aromatic rings. The van der Waals surface area contributed by atoms with Gasteiger partial charge in [0, 0.05) is 23.7 Å². The minimum absolute atomic E-state index is 0.614. The molecule has 0 spiro atoms. The zero-order valence-corrected chi connectivity index (χ0v) is 15.5. The van der Waals surface area contributed by atoms with Crippen molar-refractivity contribution in [1.29, 1.82) is 0 Å². The summed E-state index contributed by atoms with van der Waals surface area (Å²) in [4.78, 5) is 6.97. The van der Waals surface area contributed by atoms with E-state index in [0.29, 0.717) is 6.61 Å². The third-order valence-corrected chi connectivity index (χ3v) is 4.80. The van der Waals surface area contributed by atoms with Crippen molar-refractivity contribution >= 4 is 17.0 Å². The predicted molar refractivity (Wildman–Crippen MR) is 104 cm³/mol. The van der Waals surface area contributed by atoms with Gasteiger partial charge in [-0.05, 0) is 37.3 Å². The largest absolute Gasteiger partial charge is 0.493 e. The van der Waals surface area contributed by atoms with E-state index in [2.05, 4.69) is 29.5 Å². The van der Waals surface area contributed by atoms with Gasteiger partial charge in [0.1, 0.15) is 5.01 Å². The minimum atomic E-state index is 0.614. The third kappa shape index (κ3) is 4.12. The topological polar surface area (TPSA) is 34.6 Å². The molecule has 130 valence electrons. The van der Waals surface area contributed by atoms with Crippen LogP contribution in [-0.2, 0) is 6.54 Å². The number of para-hydroxylation sites is 1. The number of ether oxygens (including phenoxy) is 2. The maximum Gasteiger partial charge on any atom is 0.161 e. The molecule has 0 saturated carbocycles. The van der Waals surface area contributed by atoms with E-state index in [1.165, 1.54) is 5.69 Å². The fourth-order valence-corrected chi connectivity index (χ4v) is 3.41. The molecule has 0 radical (unpaired) electrons. The standard InChI is InChI=1S/C20H22N2O2S/c1-4-24-18-11-10-15(12-19(18)23-3)20-21-16(14-25-20)13-22(2)17-8-6-5-7-9-17/h5-12,14H,4,13H2,1-3H3. The van der Waals surface area contributed by atoms with Crippen LogP contribution in [-0.4, -0.2) is 25.7 Å². The van der Waals surface area contributed by atoms with Gasteiger partial charge in [-0.3, -0.25) is 0 Å². The van der Waals surface area contributed by atoms with Crippen LogP contribution in [0.4, 0.5) is 5.69 Å². The Hall–Kier alpha value is -2.53. The van der Waals surface area contributed by atoms with Gasteiger partial charge in [-0.2, -0.15) is 0 Å². The highest BCUT2D eigenvalue weighted by Gasteiger charge is 2.11. The van der Waals surface area contributed by atoms with E-state index in [1.54, 1.807) is 18.4 Å². The number of hydrogen-bond acceptors (Lipinski definition) is 5. The van der Waals surface area contributed by atoms with Crippen LogP contribution in [0.2, 0.25) is 0 Å². The molecule has 4 nitrogen and oxygen atoms in total. The van der Waals surface area contributed by atoms with Crippen molar-refractivity contribution < 1.29 is 9.47 Å². The summed E-state index contributed by atoms with van der Waals surface area (Å²) in [6.07, 6.45) is 0. The normalized spacial score (nSPS) is 10.5. The molecule has 0 fully saturated rings. The predicted octanol–water partition coefficient (Wildman–Crippen LogP) is 4.85. The molecular weight excluding hydrogens is 332 g/mol. The molecule has 3 rings (SSSR count). The summed E-state index contributed by atoms with van der Waals surface area (Å²) < 4.78 is 11.0. The second-order valence-electron chi connectivity index (χ2n) is 5.63. The fraction of sp³-hybridized carbons (Fsp3) is 0.250. The molecule has 0 unspecified atom stereocenters. The van der Waals surface area contributed by atoms with E-state index in [4.69, 9.17) is 14.5 Å². The van der Waals surface area contributed by atoms with Gasteiger partial charge < -0.3 is 14.4 Å². The molecule has 1 aromatic heterocycles. The number of anilines is 1. The number of aromatic nitrogens is 1. The van der Waals surface area contributed by atoms with Gasteiger partial charge in [0.05, 0.1) is 26.0 Å². The summed E-state index contributed by atoms with van der Waals surface area (Å²) in [6.45, 7) is 3.35. The van der Waals surface area contributed by atoms with E-state index in [0.717, 1.165) is 34.3 Å². The van der Waals surface area contributed by atoms with Crippen molar-refractivity contribution in [3.63, 3.8) is 0 Å². The highest BCUT2D eigenvalue weighted by Crippen LogP contribution is 2.34. The summed E-state index contributed by atoms with van der Waals surface area (Å²) in [5.41, 5.74) is 3.28. The number of rotatable bonds is 7. The van der Waals surface area contributed by atoms with Crippen molar-refractivity contribution in [2.24, 2.45) is 0 Å². The molecule has 5 heteroatoms. The van der Waals surface area contributed by atoms with E-state index >= 15 is 0 Å². The first kappa shape index (κ1) is 17.3. The van der Waals surface area contributed by atoms with Crippen LogP contribution in [0.1, 0.15) is 12.6 Å². The first-order valence-electron chi connectivity index (χ1n) is 8.23. The molecule has 1 heterocycles. The lowest BCUT2D eigenvalue weighted by molar-refractivity contribution is 0.311. The third-order valence-electron chi connectivity index (χ3n) is 3.86. The lowest BCUT2D eigenvalue weighted by Gasteiger charge is -2.17. The van der Waals surface area contributed by atoms with Crippen LogP contribution in [0.3, 0.4) is 0 Å². The van der Waals surface area contributed by atoms with Gasteiger partial charge in [-0.15, -0.1) is 11.3 Å². The first-order valence-corrected chi connectivity index (χ1v) is 9.11. The Bertz CT molecular complexity index is 818. The summed E-state index contributed by atoms with van der Waals surface area (Å²) in [5.74, 6) is 1.49. The maximum atomic E-state index is 5.58. The molecule has 0 bridgehead atoms. The van der Waals surface area contributed by atoms with Crippen molar-refractivity contribution in [1.82, 2.24) is 4.98 Å². The van der Waals surface area contributed by atoms with Gasteiger partial charge in [0.25, 0.3) is 0 Å². The van der Waals surface area contributed by atoms with Crippen LogP contribution in [0, 0.1) is 0 Å². The molecule has 0 aliphatic carbocycles. The van der Waals surface area contributed by atoms with Crippen LogP contribution in [0.15, 0.2) is 53.9 Å². The quantitative estimate of drug-likeness (QED) is 0.607. The summed E-state index contributed by atoms with van der Waals surface area (Å²) in [6, 6.07) is 16.3. The van der Waals surface area contributed by atoms with Gasteiger partial charge in [-0.1, -0.05) is 18.2 Å². The summed E-state index contributed by atoms with van der Waals surface area (Å²) >= 11 is 1.64. The Morgan fingerprint density at radius 2 is 1.88 bits per heavy atom. The van der Waals surface area contributed by atoms with Crippen LogP contribution in [0.5, 0.6) is 11.5 Å². The van der Waals surface area contributed by atoms with Crippen LogP contribution >= 0.6 is 11.3 Å². The Kier molecular flexibility index (Phi) is 5.56. The van der Waals surface area contributed by atoms with Crippen molar-refractivity contribution in [3.05, 3.63) is 59.6 Å². The Morgan fingerprint density at radius 1 is 1.08 bits per heavy atom. The maximum absolute atomic E-state index is 5.58. The molecule has 0 saturated heterocycles. The van der Waals surface area contributed by atoms with Gasteiger partial charge in [-0.25, -0.2) is 4.98 Å². The second-order valence-corrected chi connectivity index (χ2v) is 6.49. The fourth-order valence-electron chi connectivity index (χ4n) is 2.60. The van der Waals surface area contributed by atoms with E-state index < -0.39 is 0 Å². The highest BCUT2D eigenvalue weighted by atomic mass is 32.1. The molecule has 0 atom stereocenters. The Balaban J connectivity index is 1.77. The number of benzene rings is 2. The minimum Gasteiger partial charge on any atom is -0.493 e. The first-order chi connectivity index (χ1) is 12.2. The van der Waals surface area contributed by atoms with Crippen LogP contribution in [0.25, 0.3) is 10.6 Å². The van der Waals surface area contributed by atoms with Gasteiger partial charge >= 0.3 is 0 Å². The number of methoxy groups -OCH3 is 1. The number of nitrogens with zero attached hydrogens (tertiary/aromatic N) is 2. The lowest BCUT2D eigenvalue weighted by atomic mass is 10.2. The van der Waals surface area contributed by atoms with E-state index in [-0.39, 0.29) is 0 Å². The Morgan fingerprint density at radius 3 is 2.60 bits per heavy atom. The molecule has 0 aliphatic rings. The smallest absolute Gasteiger partial charge is 0.161 e. The number of thiazole rings is 1. The monoisotopic (exact) mass is 354 g/mol. The van der Waals surface area contributed by atoms with E-state index in [1.807, 2.05) is 43.3 Å². The van der Waals surface area contributed by atoms with Crippen molar-refractivity contribution in [2.45, 2.75) is 13.5 Å². The zero-order chi connectivity index (χ0) is 17.6. The summed E-state index contributed by atoms with van der Waals surface area (Å²) in [5, 5.41) is 3.09. The van der Waals surface area contributed by atoms with Crippen molar-refractivity contribution in [2.75, 3.05) is 25.7 Å².